The summed E-state index contributed by atoms with van der Waals surface area (Å²) in [4.78, 5) is 20.2. The van der Waals surface area contributed by atoms with E-state index < -0.39 is 0 Å². The molecule has 3 aromatic rings. The first-order valence-corrected chi connectivity index (χ1v) is 9.61. The van der Waals surface area contributed by atoms with Gasteiger partial charge in [0.05, 0.1) is 17.9 Å². The van der Waals surface area contributed by atoms with Gasteiger partial charge in [-0.15, -0.1) is 0 Å². The molecule has 3 rings (SSSR count). The Bertz CT molecular complexity index is 1070. The lowest BCUT2D eigenvalue weighted by Gasteiger charge is -2.14. The third-order valence-corrected chi connectivity index (χ3v) is 4.41. The molecule has 148 valence electrons. The van der Waals surface area contributed by atoms with Crippen LogP contribution >= 0.6 is 12.2 Å². The Morgan fingerprint density at radius 3 is 2.86 bits per heavy atom. The second kappa shape index (κ2) is 8.39. The summed E-state index contributed by atoms with van der Waals surface area (Å²) in [6.45, 7) is 7.09. The summed E-state index contributed by atoms with van der Waals surface area (Å²) in [5.74, 6) is 1.06. The number of rotatable bonds is 6. The number of hydrogen-bond acceptors (Lipinski definition) is 5. The molecule has 0 saturated carbocycles. The first-order chi connectivity index (χ1) is 13.4. The summed E-state index contributed by atoms with van der Waals surface area (Å²) in [7, 11) is 1.77. The minimum atomic E-state index is -0.228. The molecular weight excluding hydrogens is 376 g/mol. The van der Waals surface area contributed by atoms with Crippen molar-refractivity contribution in [1.29, 1.82) is 0 Å². The Balaban J connectivity index is 2.12. The second-order valence-corrected chi connectivity index (χ2v) is 6.77. The van der Waals surface area contributed by atoms with Crippen molar-refractivity contribution < 1.29 is 4.74 Å². The molecule has 0 spiro atoms. The molecule has 2 aromatic heterocycles. The minimum absolute atomic E-state index is 0.228. The van der Waals surface area contributed by atoms with Crippen molar-refractivity contribution in [3.05, 3.63) is 34.2 Å². The monoisotopic (exact) mass is 400 g/mol. The fourth-order valence-corrected chi connectivity index (χ4v) is 3.20. The molecule has 8 nitrogen and oxygen atoms in total. The van der Waals surface area contributed by atoms with Crippen molar-refractivity contribution in [2.45, 2.75) is 27.2 Å². The van der Waals surface area contributed by atoms with Crippen molar-refractivity contribution in [1.82, 2.24) is 25.1 Å². The maximum absolute atomic E-state index is 12.6. The van der Waals surface area contributed by atoms with Crippen LogP contribution in [0.4, 0.5) is 5.69 Å². The van der Waals surface area contributed by atoms with Crippen LogP contribution < -0.4 is 20.9 Å². The van der Waals surface area contributed by atoms with E-state index in [9.17, 15) is 4.79 Å². The van der Waals surface area contributed by atoms with E-state index in [-0.39, 0.29) is 5.56 Å². The van der Waals surface area contributed by atoms with Gasteiger partial charge < -0.3 is 20.4 Å². The topological polar surface area (TPSA) is 96.9 Å². The average Bonchev–Trinajstić information content (AvgIpc) is 2.95. The summed E-state index contributed by atoms with van der Waals surface area (Å²) < 4.78 is 7.48. The Hall–Kier alpha value is -2.94. The molecular formula is C19H24N6O2S. The number of H-pyrrole nitrogens is 1. The largest absolute Gasteiger partial charge is 0.493 e. The zero-order valence-electron chi connectivity index (χ0n) is 16.4. The van der Waals surface area contributed by atoms with Crippen molar-refractivity contribution in [3.63, 3.8) is 0 Å². The van der Waals surface area contributed by atoms with Crippen LogP contribution in [0.15, 0.2) is 23.0 Å². The van der Waals surface area contributed by atoms with Crippen LogP contribution in [-0.4, -0.2) is 38.0 Å². The zero-order valence-corrected chi connectivity index (χ0v) is 17.2. The lowest BCUT2D eigenvalue weighted by atomic mass is 10.1. The van der Waals surface area contributed by atoms with E-state index in [4.69, 9.17) is 17.0 Å². The summed E-state index contributed by atoms with van der Waals surface area (Å²) in [6, 6.07) is 5.59. The van der Waals surface area contributed by atoms with Crippen LogP contribution in [0.1, 0.15) is 26.0 Å². The lowest BCUT2D eigenvalue weighted by Crippen LogP contribution is -2.27. The predicted octanol–water partition coefficient (Wildman–Crippen LogP) is 2.73. The summed E-state index contributed by atoms with van der Waals surface area (Å²) >= 11 is 5.26. The van der Waals surface area contributed by atoms with E-state index in [2.05, 4.69) is 25.7 Å². The number of aromatic amines is 1. The first-order valence-electron chi connectivity index (χ1n) is 9.20. The quantitative estimate of drug-likeness (QED) is 0.548. The van der Waals surface area contributed by atoms with Crippen LogP contribution in [0.5, 0.6) is 5.75 Å². The first kappa shape index (κ1) is 19.8. The maximum atomic E-state index is 12.6. The van der Waals surface area contributed by atoms with Gasteiger partial charge in [0.2, 0.25) is 0 Å². The third-order valence-electron chi connectivity index (χ3n) is 4.16. The van der Waals surface area contributed by atoms with Crippen LogP contribution in [0.3, 0.4) is 0 Å². The number of fused-ring (bicyclic) bond motifs is 1. The number of aromatic nitrogens is 4. The number of hydrogen-bond donors (Lipinski definition) is 3. The van der Waals surface area contributed by atoms with Gasteiger partial charge in [0.15, 0.2) is 10.8 Å². The van der Waals surface area contributed by atoms with Crippen LogP contribution in [-0.2, 0) is 7.05 Å². The molecule has 1 aromatic carbocycles. The molecule has 2 heterocycles. The molecule has 0 bridgehead atoms. The van der Waals surface area contributed by atoms with E-state index in [0.717, 1.165) is 18.7 Å². The van der Waals surface area contributed by atoms with E-state index in [1.54, 1.807) is 18.7 Å². The molecule has 0 unspecified atom stereocenters. The molecule has 0 saturated heterocycles. The average molecular weight is 401 g/mol. The van der Waals surface area contributed by atoms with Crippen molar-refractivity contribution in [2.75, 3.05) is 18.5 Å². The van der Waals surface area contributed by atoms with Gasteiger partial charge in [-0.3, -0.25) is 4.79 Å². The van der Waals surface area contributed by atoms with Crippen molar-refractivity contribution >= 4 is 34.1 Å². The predicted molar refractivity (Wildman–Crippen MR) is 115 cm³/mol. The number of nitrogens with one attached hydrogen (secondary N) is 3. The fourth-order valence-electron chi connectivity index (χ4n) is 2.94. The number of thiocarbonyl (C=S) groups is 1. The van der Waals surface area contributed by atoms with Gasteiger partial charge in [0.25, 0.3) is 5.56 Å². The fraction of sp³-hybridized carbons (Fsp3) is 0.368. The Kier molecular flexibility index (Phi) is 5.93. The van der Waals surface area contributed by atoms with Gasteiger partial charge in [0.1, 0.15) is 17.0 Å². The van der Waals surface area contributed by atoms with Crippen molar-refractivity contribution in [3.8, 4) is 17.1 Å². The minimum Gasteiger partial charge on any atom is -0.493 e. The van der Waals surface area contributed by atoms with Crippen LogP contribution in [0, 0.1) is 6.92 Å². The Morgan fingerprint density at radius 1 is 1.36 bits per heavy atom. The highest BCUT2D eigenvalue weighted by molar-refractivity contribution is 7.80. The van der Waals surface area contributed by atoms with Gasteiger partial charge in [-0.25, -0.2) is 9.67 Å². The molecule has 0 amide bonds. The molecule has 28 heavy (non-hydrogen) atoms. The second-order valence-electron chi connectivity index (χ2n) is 6.37. The van der Waals surface area contributed by atoms with Gasteiger partial charge in [0, 0.05) is 19.3 Å². The SMILES string of the molecule is CCCOc1ccc(NC(=S)NCC)cc1-c1nc2c(c(C)nn2C)c(=O)[nH]1. The molecule has 0 aliphatic carbocycles. The smallest absolute Gasteiger partial charge is 0.262 e. The van der Waals surface area contributed by atoms with E-state index in [0.29, 0.717) is 45.6 Å². The van der Waals surface area contributed by atoms with Gasteiger partial charge in [-0.05, 0) is 50.7 Å². The normalized spacial score (nSPS) is 10.9. The number of benzene rings is 1. The highest BCUT2D eigenvalue weighted by Crippen LogP contribution is 2.31. The van der Waals surface area contributed by atoms with Gasteiger partial charge in [-0.1, -0.05) is 6.92 Å². The highest BCUT2D eigenvalue weighted by Gasteiger charge is 2.16. The van der Waals surface area contributed by atoms with Gasteiger partial charge in [-0.2, -0.15) is 5.10 Å². The molecule has 0 fully saturated rings. The molecule has 9 heteroatoms. The summed E-state index contributed by atoms with van der Waals surface area (Å²) in [5.41, 5.74) is 2.39. The molecule has 0 aliphatic rings. The van der Waals surface area contributed by atoms with Crippen LogP contribution in [0.25, 0.3) is 22.4 Å². The lowest BCUT2D eigenvalue weighted by molar-refractivity contribution is 0.318. The standard InChI is InChI=1S/C19H24N6O2S/c1-5-9-27-14-8-7-12(21-19(28)20-6-2)10-13(14)16-22-17-15(18(26)23-16)11(3)24-25(17)4/h7-8,10H,5-6,9H2,1-4H3,(H2,20,21,28)(H,22,23,26). The number of aryl methyl sites for hydroxylation is 2. The summed E-state index contributed by atoms with van der Waals surface area (Å²) in [6.07, 6.45) is 0.869. The molecule has 3 N–H and O–H groups in total. The van der Waals surface area contributed by atoms with E-state index in [1.807, 2.05) is 32.0 Å². The van der Waals surface area contributed by atoms with E-state index >= 15 is 0 Å². The van der Waals surface area contributed by atoms with E-state index in [1.165, 1.54) is 0 Å². The highest BCUT2D eigenvalue weighted by atomic mass is 32.1. The Morgan fingerprint density at radius 2 is 2.14 bits per heavy atom. The van der Waals surface area contributed by atoms with Crippen molar-refractivity contribution in [2.24, 2.45) is 7.05 Å². The molecule has 0 aliphatic heterocycles. The van der Waals surface area contributed by atoms with Crippen LogP contribution in [0.2, 0.25) is 0 Å². The molecule has 0 atom stereocenters. The third kappa shape index (κ3) is 3.99. The number of anilines is 1. The maximum Gasteiger partial charge on any atom is 0.262 e. The molecule has 0 radical (unpaired) electrons. The zero-order chi connectivity index (χ0) is 20.3. The van der Waals surface area contributed by atoms with Gasteiger partial charge >= 0.3 is 0 Å². The number of nitrogens with zero attached hydrogens (tertiary/aromatic N) is 3. The Labute approximate surface area is 168 Å². The summed E-state index contributed by atoms with van der Waals surface area (Å²) in [5, 5.41) is 11.5. The number of ether oxygens (including phenoxy) is 1.